The van der Waals surface area contributed by atoms with Crippen LogP contribution in [-0.2, 0) is 4.79 Å². The summed E-state index contributed by atoms with van der Waals surface area (Å²) in [6.07, 6.45) is 0. The quantitative estimate of drug-likeness (QED) is 0.803. The average molecular weight is 302 g/mol. The first kappa shape index (κ1) is 13.5. The number of hydrogen-bond donors (Lipinski definition) is 1. The average Bonchev–Trinajstić information content (AvgIpc) is 2.88. The number of benzene rings is 2. The molecule has 1 heterocycles. The van der Waals surface area contributed by atoms with Crippen molar-refractivity contribution < 1.29 is 13.9 Å². The highest BCUT2D eigenvalue weighted by Crippen LogP contribution is 2.25. The third-order valence-corrected chi connectivity index (χ3v) is 3.69. The van der Waals surface area contributed by atoms with E-state index >= 15 is 0 Å². The van der Waals surface area contributed by atoms with Crippen molar-refractivity contribution in [2.75, 3.05) is 11.9 Å². The second kappa shape index (κ2) is 5.88. The summed E-state index contributed by atoms with van der Waals surface area (Å²) >= 11 is 1.38. The molecule has 0 atom stereocenters. The van der Waals surface area contributed by atoms with Crippen molar-refractivity contribution in [1.29, 1.82) is 0 Å². The molecule has 0 bridgehead atoms. The van der Waals surface area contributed by atoms with Crippen LogP contribution in [0.1, 0.15) is 0 Å². The maximum atomic E-state index is 13.3. The Hall–Kier alpha value is -2.47. The van der Waals surface area contributed by atoms with E-state index in [1.165, 1.54) is 23.5 Å². The van der Waals surface area contributed by atoms with Crippen molar-refractivity contribution in [1.82, 2.24) is 4.98 Å². The van der Waals surface area contributed by atoms with E-state index in [0.717, 1.165) is 10.2 Å². The summed E-state index contributed by atoms with van der Waals surface area (Å²) in [5, 5.41) is 3.14. The maximum Gasteiger partial charge on any atom is 0.264 e. The first-order valence-corrected chi connectivity index (χ1v) is 7.07. The van der Waals surface area contributed by atoms with Crippen molar-refractivity contribution in [3.8, 4) is 5.75 Å². The molecule has 21 heavy (non-hydrogen) atoms. The number of rotatable bonds is 4. The van der Waals surface area contributed by atoms with Crippen LogP contribution in [0, 0.1) is 5.82 Å². The predicted molar refractivity (Wildman–Crippen MR) is 80.1 cm³/mol. The molecule has 106 valence electrons. The van der Waals surface area contributed by atoms with Gasteiger partial charge in [-0.1, -0.05) is 35.6 Å². The Bertz CT molecular complexity index is 755. The molecule has 3 rings (SSSR count). The number of halogens is 1. The van der Waals surface area contributed by atoms with Gasteiger partial charge in [0.05, 0.1) is 10.2 Å². The third kappa shape index (κ3) is 3.17. The van der Waals surface area contributed by atoms with Crippen molar-refractivity contribution in [2.45, 2.75) is 0 Å². The molecule has 3 aromatic rings. The second-order valence-corrected chi connectivity index (χ2v) is 5.28. The second-order valence-electron chi connectivity index (χ2n) is 4.25. The zero-order valence-electron chi connectivity index (χ0n) is 10.9. The van der Waals surface area contributed by atoms with Gasteiger partial charge in [-0.05, 0) is 24.3 Å². The predicted octanol–water partition coefficient (Wildman–Crippen LogP) is 3.45. The first-order valence-electron chi connectivity index (χ1n) is 6.25. The zero-order chi connectivity index (χ0) is 14.7. The molecule has 6 heteroatoms. The molecule has 4 nitrogen and oxygen atoms in total. The van der Waals surface area contributed by atoms with E-state index in [0.29, 0.717) is 5.13 Å². The number of ether oxygens (including phenoxy) is 1. The Morgan fingerprint density at radius 1 is 1.19 bits per heavy atom. The Kier molecular flexibility index (Phi) is 3.79. The summed E-state index contributed by atoms with van der Waals surface area (Å²) in [6.45, 7) is -0.267. The van der Waals surface area contributed by atoms with Gasteiger partial charge in [-0.15, -0.1) is 0 Å². The fourth-order valence-corrected chi connectivity index (χ4v) is 2.67. The van der Waals surface area contributed by atoms with E-state index in [4.69, 9.17) is 4.74 Å². The van der Waals surface area contributed by atoms with Crippen LogP contribution < -0.4 is 10.1 Å². The fourth-order valence-electron chi connectivity index (χ4n) is 1.79. The van der Waals surface area contributed by atoms with Gasteiger partial charge in [0.15, 0.2) is 23.3 Å². The molecule has 0 fully saturated rings. The highest BCUT2D eigenvalue weighted by Gasteiger charge is 2.09. The molecule has 0 spiro atoms. The SMILES string of the molecule is O=C(COc1ccccc1F)Nc1nc2ccccc2s1. The molecule has 2 aromatic carbocycles. The molecule has 0 aliphatic rings. The number of amides is 1. The summed E-state index contributed by atoms with van der Waals surface area (Å²) < 4.78 is 19.5. The van der Waals surface area contributed by atoms with Gasteiger partial charge >= 0.3 is 0 Å². The Morgan fingerprint density at radius 3 is 2.76 bits per heavy atom. The number of anilines is 1. The van der Waals surface area contributed by atoms with Crippen LogP contribution in [0.4, 0.5) is 9.52 Å². The number of carbonyl (C=O) groups is 1. The van der Waals surface area contributed by atoms with E-state index in [1.54, 1.807) is 12.1 Å². The normalized spacial score (nSPS) is 10.5. The molecule has 0 radical (unpaired) electrons. The summed E-state index contributed by atoms with van der Waals surface area (Å²) in [6, 6.07) is 13.5. The molecule has 1 amide bonds. The van der Waals surface area contributed by atoms with E-state index in [1.807, 2.05) is 24.3 Å². The van der Waals surface area contributed by atoms with Crippen molar-refractivity contribution in [2.24, 2.45) is 0 Å². The topological polar surface area (TPSA) is 51.2 Å². The summed E-state index contributed by atoms with van der Waals surface area (Å²) in [4.78, 5) is 16.1. The lowest BCUT2D eigenvalue weighted by atomic mass is 10.3. The van der Waals surface area contributed by atoms with E-state index in [2.05, 4.69) is 10.3 Å². The van der Waals surface area contributed by atoms with Gasteiger partial charge in [0, 0.05) is 0 Å². The molecule has 0 unspecified atom stereocenters. The number of fused-ring (bicyclic) bond motifs is 1. The molecule has 1 N–H and O–H groups in total. The lowest BCUT2D eigenvalue weighted by Crippen LogP contribution is -2.20. The smallest absolute Gasteiger partial charge is 0.264 e. The Balaban J connectivity index is 1.62. The van der Waals surface area contributed by atoms with E-state index in [-0.39, 0.29) is 18.3 Å². The van der Waals surface area contributed by atoms with Crippen molar-refractivity contribution >= 4 is 32.6 Å². The van der Waals surface area contributed by atoms with Crippen LogP contribution >= 0.6 is 11.3 Å². The first-order chi connectivity index (χ1) is 10.2. The van der Waals surface area contributed by atoms with Crippen LogP contribution in [-0.4, -0.2) is 17.5 Å². The minimum Gasteiger partial charge on any atom is -0.481 e. The van der Waals surface area contributed by atoms with Gasteiger partial charge in [-0.25, -0.2) is 9.37 Å². The highest BCUT2D eigenvalue weighted by atomic mass is 32.1. The van der Waals surface area contributed by atoms with Crippen molar-refractivity contribution in [3.05, 3.63) is 54.3 Å². The molecular formula is C15H11FN2O2S. The largest absolute Gasteiger partial charge is 0.481 e. The fraction of sp³-hybridized carbons (Fsp3) is 0.0667. The number of aromatic nitrogens is 1. The van der Waals surface area contributed by atoms with Crippen LogP contribution in [0.25, 0.3) is 10.2 Å². The summed E-state index contributed by atoms with van der Waals surface area (Å²) in [5.74, 6) is -0.820. The number of para-hydroxylation sites is 2. The lowest BCUT2D eigenvalue weighted by molar-refractivity contribution is -0.118. The summed E-state index contributed by atoms with van der Waals surface area (Å²) in [7, 11) is 0. The monoisotopic (exact) mass is 302 g/mol. The van der Waals surface area contributed by atoms with Crippen molar-refractivity contribution in [3.63, 3.8) is 0 Å². The molecule has 0 saturated carbocycles. The Morgan fingerprint density at radius 2 is 1.95 bits per heavy atom. The zero-order valence-corrected chi connectivity index (χ0v) is 11.7. The summed E-state index contributed by atoms with van der Waals surface area (Å²) in [5.41, 5.74) is 0.827. The number of nitrogens with zero attached hydrogens (tertiary/aromatic N) is 1. The minimum atomic E-state index is -0.495. The van der Waals surface area contributed by atoms with Crippen LogP contribution in [0.3, 0.4) is 0 Å². The number of carbonyl (C=O) groups excluding carboxylic acids is 1. The van der Waals surface area contributed by atoms with Gasteiger partial charge in [0.25, 0.3) is 5.91 Å². The number of hydrogen-bond acceptors (Lipinski definition) is 4. The molecule has 1 aromatic heterocycles. The number of thiazole rings is 1. The van der Waals surface area contributed by atoms with Gasteiger partial charge in [-0.3, -0.25) is 10.1 Å². The van der Waals surface area contributed by atoms with Crippen LogP contribution in [0.5, 0.6) is 5.75 Å². The maximum absolute atomic E-state index is 13.3. The number of nitrogens with one attached hydrogen (secondary N) is 1. The van der Waals surface area contributed by atoms with Gasteiger partial charge < -0.3 is 4.74 Å². The molecule has 0 aliphatic carbocycles. The van der Waals surface area contributed by atoms with Gasteiger partial charge in [0.2, 0.25) is 0 Å². The molecule has 0 saturated heterocycles. The highest BCUT2D eigenvalue weighted by molar-refractivity contribution is 7.22. The minimum absolute atomic E-state index is 0.0527. The Labute approximate surface area is 124 Å². The van der Waals surface area contributed by atoms with Gasteiger partial charge in [0.1, 0.15) is 0 Å². The van der Waals surface area contributed by atoms with Crippen LogP contribution in [0.15, 0.2) is 48.5 Å². The lowest BCUT2D eigenvalue weighted by Gasteiger charge is -2.06. The van der Waals surface area contributed by atoms with E-state index in [9.17, 15) is 9.18 Å². The third-order valence-electron chi connectivity index (χ3n) is 2.74. The standard InChI is InChI=1S/C15H11FN2O2S/c16-10-5-1-3-7-12(10)20-9-14(19)18-15-17-11-6-2-4-8-13(11)21-15/h1-8H,9H2,(H,17,18,19). The molecule has 0 aliphatic heterocycles. The molecular weight excluding hydrogens is 291 g/mol. The van der Waals surface area contributed by atoms with E-state index < -0.39 is 5.82 Å². The van der Waals surface area contributed by atoms with Crippen LogP contribution in [0.2, 0.25) is 0 Å². The van der Waals surface area contributed by atoms with Gasteiger partial charge in [-0.2, -0.15) is 0 Å².